The molecular formula is C25H34N4OS. The number of amides is 1. The van der Waals surface area contributed by atoms with Crippen LogP contribution in [-0.2, 0) is 11.3 Å². The average molecular weight is 439 g/mol. The second kappa shape index (κ2) is 9.80. The van der Waals surface area contributed by atoms with Crippen molar-refractivity contribution in [3.63, 3.8) is 0 Å². The van der Waals surface area contributed by atoms with E-state index >= 15 is 0 Å². The molecule has 3 heterocycles. The fourth-order valence-corrected chi connectivity index (χ4v) is 6.46. The third kappa shape index (κ3) is 5.02. The highest BCUT2D eigenvalue weighted by Gasteiger charge is 2.36. The van der Waals surface area contributed by atoms with Crippen LogP contribution in [0.4, 0.5) is 0 Å². The summed E-state index contributed by atoms with van der Waals surface area (Å²) in [4.78, 5) is 25.0. The number of benzene rings is 1. The van der Waals surface area contributed by atoms with E-state index in [1.54, 1.807) is 11.3 Å². The van der Waals surface area contributed by atoms with E-state index in [-0.39, 0.29) is 0 Å². The summed E-state index contributed by atoms with van der Waals surface area (Å²) in [7, 11) is 0. The molecule has 0 radical (unpaired) electrons. The van der Waals surface area contributed by atoms with Crippen molar-refractivity contribution < 1.29 is 4.79 Å². The zero-order valence-corrected chi connectivity index (χ0v) is 19.2. The standard InChI is InChI=1S/C25H34N4OS/c30-24(29-12-6-10-20-7-4-5-11-23(20)29)18-28-15-13-27(14-16-28)17-22-19-31-25(26-22)21-8-2-1-3-9-21/h1-3,8-9,19-20,23H,4-7,10-18H2. The van der Waals surface area contributed by atoms with Gasteiger partial charge in [0.1, 0.15) is 5.01 Å². The highest BCUT2D eigenvalue weighted by Crippen LogP contribution is 2.35. The fourth-order valence-electron chi connectivity index (χ4n) is 5.64. The molecule has 0 N–H and O–H groups in total. The highest BCUT2D eigenvalue weighted by molar-refractivity contribution is 7.13. The van der Waals surface area contributed by atoms with Gasteiger partial charge in [0.15, 0.2) is 0 Å². The topological polar surface area (TPSA) is 39.7 Å². The number of rotatable bonds is 5. The van der Waals surface area contributed by atoms with E-state index in [2.05, 4.69) is 44.3 Å². The minimum atomic E-state index is 0.372. The van der Waals surface area contributed by atoms with Crippen LogP contribution in [-0.4, -0.2) is 70.9 Å². The molecule has 3 aliphatic rings. The number of fused-ring (bicyclic) bond motifs is 1. The van der Waals surface area contributed by atoms with Gasteiger partial charge >= 0.3 is 0 Å². The number of aromatic nitrogens is 1. The van der Waals surface area contributed by atoms with Crippen molar-refractivity contribution in [3.8, 4) is 10.6 Å². The third-order valence-electron chi connectivity index (χ3n) is 7.35. The highest BCUT2D eigenvalue weighted by atomic mass is 32.1. The van der Waals surface area contributed by atoms with Crippen molar-refractivity contribution in [3.05, 3.63) is 41.4 Å². The predicted molar refractivity (Wildman–Crippen MR) is 126 cm³/mol. The molecule has 166 valence electrons. The number of hydrogen-bond acceptors (Lipinski definition) is 5. The van der Waals surface area contributed by atoms with Crippen LogP contribution in [0.3, 0.4) is 0 Å². The van der Waals surface area contributed by atoms with Crippen molar-refractivity contribution in [2.75, 3.05) is 39.3 Å². The van der Waals surface area contributed by atoms with Crippen molar-refractivity contribution in [2.45, 2.75) is 51.1 Å². The number of piperazine rings is 1. The Morgan fingerprint density at radius 2 is 1.68 bits per heavy atom. The minimum absolute atomic E-state index is 0.372. The van der Waals surface area contributed by atoms with Crippen LogP contribution >= 0.6 is 11.3 Å². The molecule has 3 fully saturated rings. The lowest BCUT2D eigenvalue weighted by Crippen LogP contribution is -2.54. The Labute approximate surface area is 190 Å². The Balaban J connectivity index is 1.10. The Hall–Kier alpha value is -1.76. The van der Waals surface area contributed by atoms with Crippen LogP contribution in [0.15, 0.2) is 35.7 Å². The molecule has 1 aromatic carbocycles. The molecule has 1 aromatic heterocycles. The molecule has 1 amide bonds. The van der Waals surface area contributed by atoms with E-state index in [4.69, 9.17) is 4.98 Å². The van der Waals surface area contributed by atoms with E-state index in [0.29, 0.717) is 18.5 Å². The molecule has 1 aliphatic carbocycles. The number of thiazole rings is 1. The van der Waals surface area contributed by atoms with E-state index in [9.17, 15) is 4.79 Å². The van der Waals surface area contributed by atoms with Crippen LogP contribution in [0.1, 0.15) is 44.2 Å². The first-order chi connectivity index (χ1) is 15.3. The van der Waals surface area contributed by atoms with E-state index in [1.807, 2.05) is 6.07 Å². The van der Waals surface area contributed by atoms with Gasteiger partial charge in [-0.1, -0.05) is 43.2 Å². The summed E-state index contributed by atoms with van der Waals surface area (Å²) >= 11 is 1.73. The Morgan fingerprint density at radius 3 is 2.52 bits per heavy atom. The van der Waals surface area contributed by atoms with E-state index in [0.717, 1.165) is 55.9 Å². The smallest absolute Gasteiger partial charge is 0.237 e. The number of likely N-dealkylation sites (tertiary alicyclic amines) is 1. The van der Waals surface area contributed by atoms with Gasteiger partial charge in [-0.15, -0.1) is 11.3 Å². The van der Waals surface area contributed by atoms with Gasteiger partial charge in [0.2, 0.25) is 5.91 Å². The Kier molecular flexibility index (Phi) is 6.67. The molecule has 0 bridgehead atoms. The zero-order chi connectivity index (χ0) is 21.0. The van der Waals surface area contributed by atoms with Gasteiger partial charge in [0, 0.05) is 56.3 Å². The summed E-state index contributed by atoms with van der Waals surface area (Å²) in [5.74, 6) is 1.14. The monoisotopic (exact) mass is 438 g/mol. The minimum Gasteiger partial charge on any atom is -0.338 e. The fraction of sp³-hybridized carbons (Fsp3) is 0.600. The third-order valence-corrected chi connectivity index (χ3v) is 8.29. The van der Waals surface area contributed by atoms with Crippen molar-refractivity contribution in [2.24, 2.45) is 5.92 Å². The molecular weight excluding hydrogens is 404 g/mol. The number of nitrogens with zero attached hydrogens (tertiary/aromatic N) is 4. The SMILES string of the molecule is O=C(CN1CCN(Cc2csc(-c3ccccc3)n2)CC1)N1CCCC2CCCCC21. The summed E-state index contributed by atoms with van der Waals surface area (Å²) in [6.07, 6.45) is 7.73. The second-order valence-electron chi connectivity index (χ2n) is 9.40. The van der Waals surface area contributed by atoms with E-state index in [1.165, 1.54) is 44.1 Å². The summed E-state index contributed by atoms with van der Waals surface area (Å²) in [5.41, 5.74) is 2.35. The molecule has 2 unspecified atom stereocenters. The van der Waals surface area contributed by atoms with E-state index < -0.39 is 0 Å². The molecule has 2 saturated heterocycles. The zero-order valence-electron chi connectivity index (χ0n) is 18.4. The van der Waals surface area contributed by atoms with Gasteiger partial charge < -0.3 is 4.90 Å². The summed E-state index contributed by atoms with van der Waals surface area (Å²) in [5, 5.41) is 3.29. The molecule has 2 aliphatic heterocycles. The Bertz CT molecular complexity index is 859. The maximum atomic E-state index is 13.1. The number of carbonyl (C=O) groups excluding carboxylic acids is 1. The predicted octanol–water partition coefficient (Wildman–Crippen LogP) is 4.11. The molecule has 31 heavy (non-hydrogen) atoms. The second-order valence-corrected chi connectivity index (χ2v) is 10.3. The molecule has 1 saturated carbocycles. The largest absolute Gasteiger partial charge is 0.338 e. The van der Waals surface area contributed by atoms with Crippen molar-refractivity contribution in [1.29, 1.82) is 0 Å². The van der Waals surface area contributed by atoms with Gasteiger partial charge in [-0.2, -0.15) is 0 Å². The van der Waals surface area contributed by atoms with Crippen LogP contribution in [0.5, 0.6) is 0 Å². The summed E-state index contributed by atoms with van der Waals surface area (Å²) in [6, 6.07) is 10.9. The first-order valence-electron chi connectivity index (χ1n) is 12.0. The number of carbonyl (C=O) groups is 1. The van der Waals surface area contributed by atoms with Crippen LogP contribution in [0.2, 0.25) is 0 Å². The first-order valence-corrected chi connectivity index (χ1v) is 12.9. The van der Waals surface area contributed by atoms with Crippen molar-refractivity contribution in [1.82, 2.24) is 19.7 Å². The van der Waals surface area contributed by atoms with Gasteiger partial charge in [-0.25, -0.2) is 4.98 Å². The van der Waals surface area contributed by atoms with Crippen LogP contribution in [0.25, 0.3) is 10.6 Å². The molecule has 2 atom stereocenters. The lowest BCUT2D eigenvalue weighted by atomic mass is 9.78. The number of piperidine rings is 1. The molecule has 6 heteroatoms. The average Bonchev–Trinajstić information content (AvgIpc) is 3.29. The number of hydrogen-bond donors (Lipinski definition) is 0. The maximum absolute atomic E-state index is 13.1. The molecule has 0 spiro atoms. The lowest BCUT2D eigenvalue weighted by molar-refractivity contribution is -0.139. The molecule has 5 rings (SSSR count). The van der Waals surface area contributed by atoms with Gasteiger partial charge in [-0.3, -0.25) is 14.6 Å². The Morgan fingerprint density at radius 1 is 0.935 bits per heavy atom. The lowest BCUT2D eigenvalue weighted by Gasteiger charge is -2.45. The van der Waals surface area contributed by atoms with Crippen LogP contribution < -0.4 is 0 Å². The summed E-state index contributed by atoms with van der Waals surface area (Å²) < 4.78 is 0. The molecule has 2 aromatic rings. The van der Waals surface area contributed by atoms with Gasteiger partial charge in [0.05, 0.1) is 12.2 Å². The summed E-state index contributed by atoms with van der Waals surface area (Å²) in [6.45, 7) is 6.46. The van der Waals surface area contributed by atoms with Crippen molar-refractivity contribution >= 4 is 17.2 Å². The van der Waals surface area contributed by atoms with Gasteiger partial charge in [-0.05, 0) is 31.6 Å². The normalized spacial score (nSPS) is 25.4. The maximum Gasteiger partial charge on any atom is 0.237 e. The quantitative estimate of drug-likeness (QED) is 0.704. The van der Waals surface area contributed by atoms with Crippen LogP contribution in [0, 0.1) is 5.92 Å². The first kappa shape index (κ1) is 21.1. The molecule has 5 nitrogen and oxygen atoms in total. The van der Waals surface area contributed by atoms with Gasteiger partial charge in [0.25, 0.3) is 0 Å².